The Kier molecular flexibility index (Phi) is 3.69. The molecule has 0 radical (unpaired) electrons. The van der Waals surface area contributed by atoms with E-state index in [4.69, 9.17) is 5.11 Å². The van der Waals surface area contributed by atoms with Gasteiger partial charge in [0.05, 0.1) is 0 Å². The van der Waals surface area contributed by atoms with Crippen molar-refractivity contribution >= 4 is 17.6 Å². The number of halogens is 2. The molecule has 0 fully saturated rings. The number of hydrogen-bond acceptors (Lipinski definition) is 2. The topological polar surface area (TPSA) is 60.9 Å². The summed E-state index contributed by atoms with van der Waals surface area (Å²) in [5, 5.41) is 8.75. The van der Waals surface area contributed by atoms with Gasteiger partial charge in [-0.1, -0.05) is 12.1 Å². The average Bonchev–Trinajstić information content (AvgIpc) is 2.37. The van der Waals surface area contributed by atoms with Crippen molar-refractivity contribution in [2.24, 2.45) is 0 Å². The van der Waals surface area contributed by atoms with Gasteiger partial charge in [0.25, 0.3) is 0 Å². The van der Waals surface area contributed by atoms with E-state index >= 15 is 0 Å². The minimum atomic E-state index is -1.19. The molecule has 106 valence electrons. The van der Waals surface area contributed by atoms with Gasteiger partial charge in [-0.05, 0) is 11.6 Å². The third-order valence-electron chi connectivity index (χ3n) is 2.89. The van der Waals surface area contributed by atoms with E-state index in [-0.39, 0.29) is 12.1 Å². The highest BCUT2D eigenvalue weighted by atomic mass is 19.2. The summed E-state index contributed by atoms with van der Waals surface area (Å²) >= 11 is 0. The van der Waals surface area contributed by atoms with Crippen LogP contribution in [0, 0.1) is 11.6 Å². The fourth-order valence-corrected chi connectivity index (χ4v) is 1.99. The lowest BCUT2D eigenvalue weighted by molar-refractivity contribution is -0.137. The minimum absolute atomic E-state index is 0.0136. The van der Waals surface area contributed by atoms with Crippen LogP contribution in [0.1, 0.15) is 5.56 Å². The van der Waals surface area contributed by atoms with E-state index in [0.717, 1.165) is 11.0 Å². The summed E-state index contributed by atoms with van der Waals surface area (Å²) in [5.74, 6) is -3.20. The Morgan fingerprint density at radius 1 is 1.40 bits per heavy atom. The van der Waals surface area contributed by atoms with Crippen molar-refractivity contribution in [3.8, 4) is 0 Å². The Labute approximate surface area is 113 Å². The van der Waals surface area contributed by atoms with E-state index < -0.39 is 30.2 Å². The molecule has 0 saturated carbocycles. The van der Waals surface area contributed by atoms with Crippen LogP contribution in [0.3, 0.4) is 0 Å². The van der Waals surface area contributed by atoms with Gasteiger partial charge in [0.2, 0.25) is 0 Å². The van der Waals surface area contributed by atoms with Crippen molar-refractivity contribution in [1.82, 2.24) is 9.80 Å². The zero-order chi connectivity index (χ0) is 14.9. The number of rotatable bonds is 3. The van der Waals surface area contributed by atoms with Gasteiger partial charge >= 0.3 is 12.0 Å². The molecule has 0 spiro atoms. The number of likely N-dealkylation sites (N-methyl/N-ethyl adjacent to an activating group) is 1. The van der Waals surface area contributed by atoms with Gasteiger partial charge in [-0.25, -0.2) is 13.6 Å². The predicted octanol–water partition coefficient (Wildman–Crippen LogP) is 1.76. The molecule has 0 saturated heterocycles. The van der Waals surface area contributed by atoms with E-state index in [1.807, 2.05) is 0 Å². The SMILES string of the molecule is CN1CC(c2cccc(F)c2F)=CN(CC(=O)O)C1=O. The first kappa shape index (κ1) is 14.0. The van der Waals surface area contributed by atoms with E-state index in [0.29, 0.717) is 5.57 Å². The Balaban J connectivity index is 2.42. The van der Waals surface area contributed by atoms with Crippen LogP contribution in [0.15, 0.2) is 24.4 Å². The maximum Gasteiger partial charge on any atom is 0.324 e. The van der Waals surface area contributed by atoms with Crippen LogP contribution in [-0.4, -0.2) is 47.0 Å². The summed E-state index contributed by atoms with van der Waals surface area (Å²) in [6.07, 6.45) is 1.24. The van der Waals surface area contributed by atoms with Crippen LogP contribution in [0.2, 0.25) is 0 Å². The number of benzene rings is 1. The molecule has 1 aliphatic heterocycles. The van der Waals surface area contributed by atoms with Crippen LogP contribution >= 0.6 is 0 Å². The zero-order valence-electron chi connectivity index (χ0n) is 10.6. The minimum Gasteiger partial charge on any atom is -0.480 e. The Bertz CT molecular complexity index is 601. The second kappa shape index (κ2) is 5.28. The van der Waals surface area contributed by atoms with E-state index in [2.05, 4.69) is 0 Å². The highest BCUT2D eigenvalue weighted by molar-refractivity contribution is 5.86. The summed E-state index contributed by atoms with van der Waals surface area (Å²) in [7, 11) is 1.46. The summed E-state index contributed by atoms with van der Waals surface area (Å²) in [6, 6.07) is 3.22. The number of carbonyl (C=O) groups is 2. The lowest BCUT2D eigenvalue weighted by Crippen LogP contribution is -2.44. The highest BCUT2D eigenvalue weighted by Gasteiger charge is 2.27. The van der Waals surface area contributed by atoms with E-state index in [1.165, 1.54) is 30.3 Å². The third kappa shape index (κ3) is 2.61. The van der Waals surface area contributed by atoms with Gasteiger partial charge in [0.15, 0.2) is 11.6 Å². The Hall–Kier alpha value is -2.44. The Morgan fingerprint density at radius 3 is 2.75 bits per heavy atom. The number of aliphatic carboxylic acids is 1. The number of amides is 2. The molecule has 0 bridgehead atoms. The molecule has 2 amide bonds. The number of hydrogen-bond donors (Lipinski definition) is 1. The molecule has 1 aliphatic rings. The second-order valence-electron chi connectivity index (χ2n) is 4.42. The average molecular weight is 282 g/mol. The van der Waals surface area contributed by atoms with Crippen molar-refractivity contribution in [2.45, 2.75) is 0 Å². The number of carbonyl (C=O) groups excluding carboxylic acids is 1. The van der Waals surface area contributed by atoms with Crippen molar-refractivity contribution in [3.05, 3.63) is 41.6 Å². The van der Waals surface area contributed by atoms with Crippen molar-refractivity contribution < 1.29 is 23.5 Å². The molecule has 1 heterocycles. The molecule has 0 atom stereocenters. The monoisotopic (exact) mass is 282 g/mol. The van der Waals surface area contributed by atoms with Crippen LogP contribution in [-0.2, 0) is 4.79 Å². The third-order valence-corrected chi connectivity index (χ3v) is 2.89. The predicted molar refractivity (Wildman–Crippen MR) is 66.7 cm³/mol. The van der Waals surface area contributed by atoms with Gasteiger partial charge in [0.1, 0.15) is 6.54 Å². The van der Waals surface area contributed by atoms with Gasteiger partial charge < -0.3 is 10.0 Å². The quantitative estimate of drug-likeness (QED) is 0.919. The van der Waals surface area contributed by atoms with Gasteiger partial charge in [0, 0.05) is 25.4 Å². The number of urea groups is 1. The lowest BCUT2D eigenvalue weighted by Gasteiger charge is -2.31. The molecule has 20 heavy (non-hydrogen) atoms. The van der Waals surface area contributed by atoms with Gasteiger partial charge in [-0.2, -0.15) is 0 Å². The maximum atomic E-state index is 13.7. The number of nitrogens with zero attached hydrogens (tertiary/aromatic N) is 2. The van der Waals surface area contributed by atoms with Gasteiger partial charge in [-0.3, -0.25) is 9.69 Å². The summed E-state index contributed by atoms with van der Waals surface area (Å²) in [4.78, 5) is 24.7. The molecule has 0 unspecified atom stereocenters. The summed E-state index contributed by atoms with van der Waals surface area (Å²) in [6.45, 7) is -0.459. The lowest BCUT2D eigenvalue weighted by atomic mass is 10.0. The standard InChI is InChI=1S/C13H12F2N2O3/c1-16-5-8(6-17(13(16)20)7-11(18)19)9-3-2-4-10(14)12(9)15/h2-4,6H,5,7H2,1H3,(H,18,19). The number of carboxylic acid groups (broad SMARTS) is 1. The normalized spacial score (nSPS) is 15.3. The molecular formula is C13H12F2N2O3. The molecule has 7 heteroatoms. The fraction of sp³-hybridized carbons (Fsp3) is 0.231. The van der Waals surface area contributed by atoms with Crippen molar-refractivity contribution in [2.75, 3.05) is 20.1 Å². The van der Waals surface area contributed by atoms with Crippen molar-refractivity contribution in [1.29, 1.82) is 0 Å². The molecule has 1 aromatic rings. The first-order valence-corrected chi connectivity index (χ1v) is 5.78. The molecule has 5 nitrogen and oxygen atoms in total. The molecule has 1 aromatic carbocycles. The largest absolute Gasteiger partial charge is 0.480 e. The maximum absolute atomic E-state index is 13.7. The van der Waals surface area contributed by atoms with E-state index in [9.17, 15) is 18.4 Å². The first-order chi connectivity index (χ1) is 9.40. The summed E-state index contributed by atoms with van der Waals surface area (Å²) < 4.78 is 27.0. The van der Waals surface area contributed by atoms with Crippen molar-refractivity contribution in [3.63, 3.8) is 0 Å². The number of carboxylic acids is 1. The van der Waals surface area contributed by atoms with Crippen LogP contribution < -0.4 is 0 Å². The highest BCUT2D eigenvalue weighted by Crippen LogP contribution is 2.25. The molecule has 2 rings (SSSR count). The smallest absolute Gasteiger partial charge is 0.324 e. The molecule has 0 aromatic heterocycles. The fourth-order valence-electron chi connectivity index (χ4n) is 1.99. The zero-order valence-corrected chi connectivity index (χ0v) is 10.6. The molecule has 0 aliphatic carbocycles. The first-order valence-electron chi connectivity index (χ1n) is 5.78. The second-order valence-corrected chi connectivity index (χ2v) is 4.42. The van der Waals surface area contributed by atoms with Crippen LogP contribution in [0.4, 0.5) is 13.6 Å². The van der Waals surface area contributed by atoms with Crippen LogP contribution in [0.5, 0.6) is 0 Å². The van der Waals surface area contributed by atoms with Gasteiger partial charge in [-0.15, -0.1) is 0 Å². The van der Waals surface area contributed by atoms with E-state index in [1.54, 1.807) is 0 Å². The Morgan fingerprint density at radius 2 is 2.10 bits per heavy atom. The van der Waals surface area contributed by atoms with Crippen LogP contribution in [0.25, 0.3) is 5.57 Å². The molecule has 1 N–H and O–H groups in total. The summed E-state index contributed by atoms with van der Waals surface area (Å²) in [5.41, 5.74) is 0.352. The molecular weight excluding hydrogens is 270 g/mol.